The lowest BCUT2D eigenvalue weighted by atomic mass is 9.46. The fourth-order valence-corrected chi connectivity index (χ4v) is 8.23. The Kier molecular flexibility index (Phi) is 6.87. The Morgan fingerprint density at radius 3 is 2.42 bits per heavy atom. The second-order valence-corrected chi connectivity index (χ2v) is 11.8. The zero-order valence-electron chi connectivity index (χ0n) is 21.6. The second-order valence-electron chi connectivity index (χ2n) is 11.3. The molecule has 4 aliphatic rings. The van der Waals surface area contributed by atoms with Crippen molar-refractivity contribution in [2.75, 3.05) is 6.61 Å². The van der Waals surface area contributed by atoms with Gasteiger partial charge in [0.2, 0.25) is 5.78 Å². The van der Waals surface area contributed by atoms with E-state index in [0.717, 1.165) is 5.57 Å². The van der Waals surface area contributed by atoms with E-state index in [-0.39, 0.29) is 42.7 Å². The van der Waals surface area contributed by atoms with E-state index in [1.54, 1.807) is 19.9 Å². The van der Waals surface area contributed by atoms with Crippen LogP contribution in [0.3, 0.4) is 0 Å². The fraction of sp³-hybridized carbons (Fsp3) is 0.679. The Morgan fingerprint density at radius 2 is 1.78 bits per heavy atom. The zero-order valence-corrected chi connectivity index (χ0v) is 22.4. The largest absolute Gasteiger partial charge is 0.457 e. The van der Waals surface area contributed by atoms with Crippen molar-refractivity contribution in [2.24, 2.45) is 34.5 Å². The van der Waals surface area contributed by atoms with E-state index in [1.807, 2.05) is 26.8 Å². The highest BCUT2D eigenvalue weighted by molar-refractivity contribution is 6.21. The SMILES string of the molecule is CCC(=O)OCC(=O)[C@]1(OC(=O)CC)[C@H](C)C[C@H]2[C@@H]3[C@H](Cl)CC4=CC(=O)C=C[C@]4(C)[C@H]3C(=O)C[C@@]21C. The van der Waals surface area contributed by atoms with Crippen LogP contribution in [0.4, 0.5) is 0 Å². The van der Waals surface area contributed by atoms with Crippen molar-refractivity contribution in [1.82, 2.24) is 0 Å². The van der Waals surface area contributed by atoms with Gasteiger partial charge in [-0.2, -0.15) is 0 Å². The van der Waals surface area contributed by atoms with E-state index in [2.05, 4.69) is 0 Å². The predicted molar refractivity (Wildman–Crippen MR) is 132 cm³/mol. The summed E-state index contributed by atoms with van der Waals surface area (Å²) in [7, 11) is 0. The van der Waals surface area contributed by atoms with Gasteiger partial charge in [-0.1, -0.05) is 46.3 Å². The number of Topliss-reactive ketones (excluding diaryl/α,β-unsaturated/α-hetero) is 2. The summed E-state index contributed by atoms with van der Waals surface area (Å²) in [6, 6.07) is 0. The Bertz CT molecular complexity index is 1080. The van der Waals surface area contributed by atoms with Crippen LogP contribution in [-0.4, -0.2) is 46.9 Å². The first-order valence-electron chi connectivity index (χ1n) is 12.9. The Labute approximate surface area is 217 Å². The number of esters is 2. The van der Waals surface area contributed by atoms with Gasteiger partial charge in [0.15, 0.2) is 18.0 Å². The monoisotopic (exact) mass is 518 g/mol. The molecule has 0 aromatic heterocycles. The summed E-state index contributed by atoms with van der Waals surface area (Å²) in [5.41, 5.74) is -2.38. The van der Waals surface area contributed by atoms with Crippen molar-refractivity contribution in [3.8, 4) is 0 Å². The van der Waals surface area contributed by atoms with Gasteiger partial charge in [0.1, 0.15) is 5.78 Å². The maximum absolute atomic E-state index is 14.0. The minimum absolute atomic E-state index is 0.0297. The van der Waals surface area contributed by atoms with Crippen LogP contribution in [0.5, 0.6) is 0 Å². The molecular weight excluding hydrogens is 484 g/mol. The van der Waals surface area contributed by atoms with Gasteiger partial charge < -0.3 is 9.47 Å². The molecule has 4 rings (SSSR count). The summed E-state index contributed by atoms with van der Waals surface area (Å²) >= 11 is 7.00. The van der Waals surface area contributed by atoms with Gasteiger partial charge in [-0.05, 0) is 36.8 Å². The zero-order chi connectivity index (χ0) is 26.6. The number of carbonyl (C=O) groups is 5. The first-order valence-corrected chi connectivity index (χ1v) is 13.3. The second kappa shape index (κ2) is 9.23. The summed E-state index contributed by atoms with van der Waals surface area (Å²) in [4.78, 5) is 64.5. The molecule has 0 aromatic carbocycles. The maximum atomic E-state index is 14.0. The third-order valence-electron chi connectivity index (χ3n) is 9.42. The topological polar surface area (TPSA) is 104 Å². The number of fused-ring (bicyclic) bond motifs is 5. The molecule has 4 aliphatic carbocycles. The molecule has 36 heavy (non-hydrogen) atoms. The molecule has 0 bridgehead atoms. The first-order chi connectivity index (χ1) is 16.9. The highest BCUT2D eigenvalue weighted by Gasteiger charge is 2.74. The Morgan fingerprint density at radius 1 is 1.11 bits per heavy atom. The van der Waals surface area contributed by atoms with E-state index >= 15 is 0 Å². The average molecular weight is 519 g/mol. The predicted octanol–water partition coefficient (Wildman–Crippen LogP) is 4.15. The Hall–Kier alpha value is -2.28. The maximum Gasteiger partial charge on any atom is 0.306 e. The van der Waals surface area contributed by atoms with Gasteiger partial charge in [0.05, 0.1) is 0 Å². The standard InChI is InChI=1S/C28H35ClO7/c1-6-22(33)35-14-21(32)28(36-23(34)7-2)15(3)10-18-24-19(29)12-16-11-17(30)8-9-26(16,4)25(24)20(31)13-27(18,28)5/h8-9,11,15,18-19,24-25H,6-7,10,12-14H2,1-5H3/t15-,18+,19-,24-,25+,26+,27+,28-/m1/s1. The van der Waals surface area contributed by atoms with Crippen LogP contribution in [0.15, 0.2) is 23.8 Å². The van der Waals surface area contributed by atoms with Crippen LogP contribution in [0.1, 0.15) is 66.7 Å². The molecule has 8 heteroatoms. The smallest absolute Gasteiger partial charge is 0.306 e. The molecule has 8 atom stereocenters. The molecule has 3 saturated carbocycles. The van der Waals surface area contributed by atoms with Gasteiger partial charge in [0, 0.05) is 47.3 Å². The van der Waals surface area contributed by atoms with Crippen molar-refractivity contribution in [3.05, 3.63) is 23.8 Å². The molecule has 0 aromatic rings. The van der Waals surface area contributed by atoms with Gasteiger partial charge in [-0.3, -0.25) is 24.0 Å². The highest BCUT2D eigenvalue weighted by atomic mass is 35.5. The number of carbonyl (C=O) groups excluding carboxylic acids is 5. The van der Waals surface area contributed by atoms with Crippen molar-refractivity contribution in [1.29, 1.82) is 0 Å². The fourth-order valence-electron chi connectivity index (χ4n) is 7.74. The third kappa shape index (κ3) is 3.72. The van der Waals surface area contributed by atoms with Crippen molar-refractivity contribution < 1.29 is 33.4 Å². The average Bonchev–Trinajstić information content (AvgIpc) is 3.04. The summed E-state index contributed by atoms with van der Waals surface area (Å²) in [6.07, 6.45) is 6.18. The van der Waals surface area contributed by atoms with Crippen molar-refractivity contribution >= 4 is 40.9 Å². The van der Waals surface area contributed by atoms with E-state index in [9.17, 15) is 24.0 Å². The minimum atomic E-state index is -1.61. The quantitative estimate of drug-likeness (QED) is 0.384. The molecule has 0 saturated heterocycles. The minimum Gasteiger partial charge on any atom is -0.457 e. The molecule has 0 heterocycles. The van der Waals surface area contributed by atoms with Crippen molar-refractivity contribution in [2.45, 2.75) is 77.7 Å². The van der Waals surface area contributed by atoms with E-state index in [0.29, 0.717) is 12.8 Å². The van der Waals surface area contributed by atoms with Crippen LogP contribution in [-0.2, 0) is 33.4 Å². The van der Waals surface area contributed by atoms with Crippen LogP contribution in [0.2, 0.25) is 0 Å². The van der Waals surface area contributed by atoms with Gasteiger partial charge >= 0.3 is 11.9 Å². The van der Waals surface area contributed by atoms with E-state index in [1.165, 1.54) is 6.08 Å². The molecule has 7 nitrogen and oxygen atoms in total. The normalized spacial score (nSPS) is 41.1. The molecule has 0 N–H and O–H groups in total. The van der Waals surface area contributed by atoms with Crippen LogP contribution >= 0.6 is 11.6 Å². The molecule has 0 aliphatic heterocycles. The van der Waals surface area contributed by atoms with Gasteiger partial charge in [0.25, 0.3) is 0 Å². The number of rotatable bonds is 6. The number of alkyl halides is 1. The summed E-state index contributed by atoms with van der Waals surface area (Å²) in [5.74, 6) is -3.01. The molecule has 196 valence electrons. The van der Waals surface area contributed by atoms with Gasteiger partial charge in [-0.15, -0.1) is 11.6 Å². The summed E-state index contributed by atoms with van der Waals surface area (Å²) < 4.78 is 11.2. The number of ketones is 3. The molecule has 0 unspecified atom stereocenters. The summed E-state index contributed by atoms with van der Waals surface area (Å²) in [5, 5.41) is -0.417. The number of hydrogen-bond donors (Lipinski definition) is 0. The molecule has 0 radical (unpaired) electrons. The molecular formula is C28H35ClO7. The van der Waals surface area contributed by atoms with Crippen LogP contribution in [0, 0.1) is 34.5 Å². The van der Waals surface area contributed by atoms with E-state index in [4.69, 9.17) is 21.1 Å². The van der Waals surface area contributed by atoms with Crippen LogP contribution < -0.4 is 0 Å². The van der Waals surface area contributed by atoms with Crippen molar-refractivity contribution in [3.63, 3.8) is 0 Å². The molecule has 0 amide bonds. The summed E-state index contributed by atoms with van der Waals surface area (Å²) in [6.45, 7) is 8.48. The third-order valence-corrected chi connectivity index (χ3v) is 9.86. The first kappa shape index (κ1) is 26.8. The number of halogens is 1. The van der Waals surface area contributed by atoms with Gasteiger partial charge in [-0.25, -0.2) is 0 Å². The highest BCUT2D eigenvalue weighted by Crippen LogP contribution is 2.68. The molecule has 0 spiro atoms. The number of allylic oxidation sites excluding steroid dienone is 4. The number of hydrogen-bond acceptors (Lipinski definition) is 7. The molecule has 3 fully saturated rings. The lowest BCUT2D eigenvalue weighted by molar-refractivity contribution is -0.197. The Balaban J connectivity index is 1.80. The van der Waals surface area contributed by atoms with E-state index < -0.39 is 58.0 Å². The lowest BCUT2D eigenvalue weighted by Crippen LogP contribution is -2.64. The van der Waals surface area contributed by atoms with Crippen LogP contribution in [0.25, 0.3) is 0 Å². The lowest BCUT2D eigenvalue weighted by Gasteiger charge is -2.58. The number of ether oxygens (including phenoxy) is 2.